The highest BCUT2D eigenvalue weighted by Crippen LogP contribution is 2.20. The number of carboxylic acids is 1. The maximum absolute atomic E-state index is 11.8. The first-order chi connectivity index (χ1) is 9.21. The van der Waals surface area contributed by atoms with Crippen LogP contribution in [0.3, 0.4) is 0 Å². The Morgan fingerprint density at radius 3 is 2.60 bits per heavy atom. The average Bonchev–Trinajstić information content (AvgIpc) is 2.35. The molecule has 1 aromatic heterocycles. The monoisotopic (exact) mass is 279 g/mol. The minimum Gasteiger partial charge on any atom is -0.481 e. The molecule has 0 atom stereocenters. The average molecular weight is 279 g/mol. The number of nitrogens with zero attached hydrogens (tertiary/aromatic N) is 2. The molecule has 0 fully saturated rings. The summed E-state index contributed by atoms with van der Waals surface area (Å²) in [6, 6.07) is 3.43. The molecule has 0 bridgehead atoms. The molecule has 0 radical (unpaired) electrons. The molecule has 0 aromatic carbocycles. The predicted octanol–water partition coefficient (Wildman–Crippen LogP) is 1.84. The van der Waals surface area contributed by atoms with Crippen LogP contribution in [0, 0.1) is 0 Å². The molecular weight excluding hydrogens is 258 g/mol. The first-order valence-electron chi connectivity index (χ1n) is 6.39. The van der Waals surface area contributed by atoms with Crippen molar-refractivity contribution >= 4 is 17.6 Å². The summed E-state index contributed by atoms with van der Waals surface area (Å²) in [5, 5.41) is 12.0. The van der Waals surface area contributed by atoms with Gasteiger partial charge in [0.15, 0.2) is 0 Å². The van der Waals surface area contributed by atoms with E-state index in [0.29, 0.717) is 12.1 Å². The van der Waals surface area contributed by atoms with Gasteiger partial charge in [0.2, 0.25) is 0 Å². The minimum atomic E-state index is -0.821. The molecule has 0 aliphatic rings. The lowest BCUT2D eigenvalue weighted by Gasteiger charge is -2.27. The van der Waals surface area contributed by atoms with Gasteiger partial charge in [-0.25, -0.2) is 0 Å². The number of nitrogens with one attached hydrogen (secondary N) is 1. The van der Waals surface area contributed by atoms with Crippen LogP contribution in [0.2, 0.25) is 0 Å². The van der Waals surface area contributed by atoms with Crippen molar-refractivity contribution in [3.63, 3.8) is 0 Å². The zero-order valence-electron chi connectivity index (χ0n) is 12.3. The van der Waals surface area contributed by atoms with Crippen LogP contribution in [0.4, 0.5) is 5.69 Å². The molecular formula is C14H21N3O3. The fourth-order valence-corrected chi connectivity index (χ4v) is 1.73. The number of carbonyl (C=O) groups is 2. The molecule has 6 heteroatoms. The van der Waals surface area contributed by atoms with Crippen molar-refractivity contribution in [1.82, 2.24) is 9.88 Å². The second kappa shape index (κ2) is 6.36. The third kappa shape index (κ3) is 4.87. The molecule has 110 valence electrons. The minimum absolute atomic E-state index is 0.0918. The quantitative estimate of drug-likeness (QED) is 0.830. The van der Waals surface area contributed by atoms with E-state index in [1.165, 1.54) is 4.90 Å². The van der Waals surface area contributed by atoms with Crippen molar-refractivity contribution in [3.8, 4) is 0 Å². The summed E-state index contributed by atoms with van der Waals surface area (Å²) in [5.41, 5.74) is 0.729. The van der Waals surface area contributed by atoms with Gasteiger partial charge in [-0.15, -0.1) is 0 Å². The Bertz CT molecular complexity index is 498. The molecule has 0 saturated carbocycles. The summed E-state index contributed by atoms with van der Waals surface area (Å²) in [5.74, 6) is -0.991. The van der Waals surface area contributed by atoms with Gasteiger partial charge in [-0.3, -0.25) is 14.6 Å². The van der Waals surface area contributed by atoms with E-state index in [-0.39, 0.29) is 17.9 Å². The molecule has 1 aromatic rings. The fraction of sp³-hybridized carbons (Fsp3) is 0.500. The third-order valence-corrected chi connectivity index (χ3v) is 2.83. The zero-order valence-corrected chi connectivity index (χ0v) is 12.3. The normalized spacial score (nSPS) is 11.0. The van der Waals surface area contributed by atoms with Crippen molar-refractivity contribution in [3.05, 3.63) is 24.0 Å². The Kier molecular flexibility index (Phi) is 5.07. The van der Waals surface area contributed by atoms with Gasteiger partial charge in [-0.1, -0.05) is 0 Å². The highest BCUT2D eigenvalue weighted by atomic mass is 16.4. The first kappa shape index (κ1) is 15.9. The Balaban J connectivity index is 2.80. The second-order valence-electron chi connectivity index (χ2n) is 5.53. The van der Waals surface area contributed by atoms with Crippen molar-refractivity contribution in [1.29, 1.82) is 0 Å². The standard InChI is InChI=1S/C14H21N3O3/c1-14(2,7-5-12(18)19)16-10-6-8-15-11(9-10)13(20)17(3)4/h6,8-9H,5,7H2,1-4H3,(H,15,16)(H,18,19). The van der Waals surface area contributed by atoms with Gasteiger partial charge < -0.3 is 15.3 Å². The van der Waals surface area contributed by atoms with E-state index in [1.807, 2.05) is 13.8 Å². The van der Waals surface area contributed by atoms with Crippen LogP contribution in [-0.2, 0) is 4.79 Å². The third-order valence-electron chi connectivity index (χ3n) is 2.83. The van der Waals surface area contributed by atoms with Crippen LogP contribution in [0.25, 0.3) is 0 Å². The predicted molar refractivity (Wildman–Crippen MR) is 76.8 cm³/mol. The highest BCUT2D eigenvalue weighted by Gasteiger charge is 2.19. The summed E-state index contributed by atoms with van der Waals surface area (Å²) in [4.78, 5) is 28.0. The summed E-state index contributed by atoms with van der Waals surface area (Å²) in [6.45, 7) is 3.84. The molecule has 1 amide bonds. The molecule has 0 spiro atoms. The second-order valence-corrected chi connectivity index (χ2v) is 5.53. The van der Waals surface area contributed by atoms with Crippen LogP contribution >= 0.6 is 0 Å². The van der Waals surface area contributed by atoms with E-state index < -0.39 is 5.97 Å². The van der Waals surface area contributed by atoms with Gasteiger partial charge in [0, 0.05) is 37.9 Å². The van der Waals surface area contributed by atoms with Crippen molar-refractivity contribution in [2.45, 2.75) is 32.2 Å². The number of aromatic nitrogens is 1. The van der Waals surface area contributed by atoms with E-state index in [2.05, 4.69) is 10.3 Å². The molecule has 0 saturated heterocycles. The van der Waals surface area contributed by atoms with Gasteiger partial charge in [0.05, 0.1) is 0 Å². The maximum atomic E-state index is 11.8. The molecule has 0 aliphatic heterocycles. The van der Waals surface area contributed by atoms with Crippen LogP contribution in [0.5, 0.6) is 0 Å². The number of aliphatic carboxylic acids is 1. The molecule has 0 aliphatic carbocycles. The fourth-order valence-electron chi connectivity index (χ4n) is 1.73. The van der Waals surface area contributed by atoms with E-state index in [1.54, 1.807) is 32.4 Å². The van der Waals surface area contributed by atoms with Crippen molar-refractivity contribution in [2.24, 2.45) is 0 Å². The first-order valence-corrected chi connectivity index (χ1v) is 6.39. The summed E-state index contributed by atoms with van der Waals surface area (Å²) in [7, 11) is 3.34. The Morgan fingerprint density at radius 2 is 2.05 bits per heavy atom. The number of amides is 1. The van der Waals surface area contributed by atoms with Crippen molar-refractivity contribution in [2.75, 3.05) is 19.4 Å². The number of carbonyl (C=O) groups excluding carboxylic acids is 1. The van der Waals surface area contributed by atoms with Gasteiger partial charge in [-0.2, -0.15) is 0 Å². The van der Waals surface area contributed by atoms with Gasteiger partial charge in [-0.05, 0) is 32.4 Å². The number of carboxylic acid groups (broad SMARTS) is 1. The lowest BCUT2D eigenvalue weighted by molar-refractivity contribution is -0.137. The van der Waals surface area contributed by atoms with Crippen LogP contribution in [-0.4, -0.2) is 46.5 Å². The van der Waals surface area contributed by atoms with E-state index in [4.69, 9.17) is 5.11 Å². The van der Waals surface area contributed by atoms with E-state index >= 15 is 0 Å². The van der Waals surface area contributed by atoms with Crippen molar-refractivity contribution < 1.29 is 14.7 Å². The molecule has 1 rings (SSSR count). The highest BCUT2D eigenvalue weighted by molar-refractivity contribution is 5.92. The maximum Gasteiger partial charge on any atom is 0.303 e. The Morgan fingerprint density at radius 1 is 1.40 bits per heavy atom. The smallest absolute Gasteiger partial charge is 0.303 e. The summed E-state index contributed by atoms with van der Waals surface area (Å²) < 4.78 is 0. The van der Waals surface area contributed by atoms with E-state index in [0.717, 1.165) is 5.69 Å². The Labute approximate surface area is 118 Å². The molecule has 20 heavy (non-hydrogen) atoms. The SMILES string of the molecule is CN(C)C(=O)c1cc(NC(C)(C)CCC(=O)O)ccn1. The number of hydrogen-bond donors (Lipinski definition) is 2. The molecule has 6 nitrogen and oxygen atoms in total. The largest absolute Gasteiger partial charge is 0.481 e. The lowest BCUT2D eigenvalue weighted by atomic mass is 9.98. The van der Waals surface area contributed by atoms with Gasteiger partial charge in [0.1, 0.15) is 5.69 Å². The molecule has 2 N–H and O–H groups in total. The van der Waals surface area contributed by atoms with Gasteiger partial charge in [0.25, 0.3) is 5.91 Å². The zero-order chi connectivity index (χ0) is 15.3. The number of rotatable bonds is 6. The Hall–Kier alpha value is -2.11. The number of anilines is 1. The number of pyridine rings is 1. The summed E-state index contributed by atoms with van der Waals surface area (Å²) in [6.07, 6.45) is 2.14. The van der Waals surface area contributed by atoms with Crippen LogP contribution < -0.4 is 5.32 Å². The molecule has 0 unspecified atom stereocenters. The van der Waals surface area contributed by atoms with Crippen LogP contribution in [0.15, 0.2) is 18.3 Å². The number of hydrogen-bond acceptors (Lipinski definition) is 4. The van der Waals surface area contributed by atoms with E-state index in [9.17, 15) is 9.59 Å². The lowest BCUT2D eigenvalue weighted by Crippen LogP contribution is -2.31. The van der Waals surface area contributed by atoms with Crippen LogP contribution in [0.1, 0.15) is 37.2 Å². The topological polar surface area (TPSA) is 82.5 Å². The summed E-state index contributed by atoms with van der Waals surface area (Å²) >= 11 is 0. The molecule has 1 heterocycles. The van der Waals surface area contributed by atoms with Gasteiger partial charge >= 0.3 is 5.97 Å².